The highest BCUT2D eigenvalue weighted by Gasteiger charge is 2.43. The summed E-state index contributed by atoms with van der Waals surface area (Å²) in [5.74, 6) is 5.91. The molecule has 21 heavy (non-hydrogen) atoms. The zero-order chi connectivity index (χ0) is 14.9. The third-order valence-corrected chi connectivity index (χ3v) is 4.80. The first-order valence-corrected chi connectivity index (χ1v) is 7.57. The molecule has 2 aliphatic heterocycles. The SMILES string of the molecule is Cc1ccc(C(NN)C2CCOC3(CCOC3)C2)cc1F. The van der Waals surface area contributed by atoms with Crippen LogP contribution in [0.5, 0.6) is 0 Å². The first-order valence-electron chi connectivity index (χ1n) is 7.57. The second kappa shape index (κ2) is 6.01. The Morgan fingerprint density at radius 1 is 1.43 bits per heavy atom. The number of hydrazine groups is 1. The third-order valence-electron chi connectivity index (χ3n) is 4.80. The van der Waals surface area contributed by atoms with E-state index in [1.807, 2.05) is 12.1 Å². The second-order valence-corrected chi connectivity index (χ2v) is 6.24. The van der Waals surface area contributed by atoms with Gasteiger partial charge in [-0.25, -0.2) is 4.39 Å². The highest BCUT2D eigenvalue weighted by Crippen LogP contribution is 2.40. The van der Waals surface area contributed by atoms with Crippen molar-refractivity contribution in [1.82, 2.24) is 5.43 Å². The molecule has 3 unspecified atom stereocenters. The number of halogens is 1. The van der Waals surface area contributed by atoms with Gasteiger partial charge in [0.15, 0.2) is 0 Å². The van der Waals surface area contributed by atoms with Gasteiger partial charge < -0.3 is 9.47 Å². The molecule has 0 radical (unpaired) electrons. The topological polar surface area (TPSA) is 56.5 Å². The number of aryl methyl sites for hydroxylation is 1. The van der Waals surface area contributed by atoms with Crippen LogP contribution in [-0.4, -0.2) is 25.4 Å². The van der Waals surface area contributed by atoms with Crippen molar-refractivity contribution in [1.29, 1.82) is 0 Å². The highest BCUT2D eigenvalue weighted by molar-refractivity contribution is 5.26. The van der Waals surface area contributed by atoms with Crippen LogP contribution in [0.2, 0.25) is 0 Å². The van der Waals surface area contributed by atoms with Crippen molar-refractivity contribution < 1.29 is 13.9 Å². The van der Waals surface area contributed by atoms with Gasteiger partial charge in [0.25, 0.3) is 0 Å². The van der Waals surface area contributed by atoms with E-state index in [1.165, 1.54) is 0 Å². The minimum atomic E-state index is -0.182. The molecular formula is C16H23FN2O2. The van der Waals surface area contributed by atoms with Crippen molar-refractivity contribution in [2.45, 2.75) is 37.8 Å². The predicted octanol–water partition coefficient (Wildman–Crippen LogP) is 2.22. The summed E-state index contributed by atoms with van der Waals surface area (Å²) in [7, 11) is 0. The van der Waals surface area contributed by atoms with Gasteiger partial charge in [-0.05, 0) is 42.9 Å². The van der Waals surface area contributed by atoms with Gasteiger partial charge in [-0.3, -0.25) is 11.3 Å². The molecular weight excluding hydrogens is 271 g/mol. The lowest BCUT2D eigenvalue weighted by atomic mass is 9.79. The van der Waals surface area contributed by atoms with E-state index in [0.717, 1.165) is 31.4 Å². The van der Waals surface area contributed by atoms with Crippen LogP contribution in [0.3, 0.4) is 0 Å². The molecule has 0 saturated carbocycles. The lowest BCUT2D eigenvalue weighted by Crippen LogP contribution is -2.45. The number of nitrogens with one attached hydrogen (secondary N) is 1. The minimum absolute atomic E-state index is 0.0542. The average Bonchev–Trinajstić information content (AvgIpc) is 2.91. The fourth-order valence-corrected chi connectivity index (χ4v) is 3.52. The van der Waals surface area contributed by atoms with Crippen LogP contribution < -0.4 is 11.3 Å². The fourth-order valence-electron chi connectivity index (χ4n) is 3.52. The summed E-state index contributed by atoms with van der Waals surface area (Å²) >= 11 is 0. The molecule has 116 valence electrons. The van der Waals surface area contributed by atoms with Crippen LogP contribution in [0.25, 0.3) is 0 Å². The molecule has 3 N–H and O–H groups in total. The van der Waals surface area contributed by atoms with Gasteiger partial charge in [-0.1, -0.05) is 12.1 Å². The molecule has 5 heteroatoms. The Balaban J connectivity index is 1.80. The number of ether oxygens (including phenoxy) is 2. The van der Waals surface area contributed by atoms with Crippen molar-refractivity contribution in [2.24, 2.45) is 11.8 Å². The number of nitrogens with two attached hydrogens (primary N) is 1. The average molecular weight is 294 g/mol. The number of rotatable bonds is 3. The molecule has 2 aliphatic rings. The Hall–Kier alpha value is -1.01. The Bertz CT molecular complexity index is 503. The third kappa shape index (κ3) is 2.97. The van der Waals surface area contributed by atoms with Crippen molar-refractivity contribution >= 4 is 0 Å². The standard InChI is InChI=1S/C16H23FN2O2/c1-11-2-3-12(8-14(11)17)15(19-18)13-4-6-21-16(9-13)5-7-20-10-16/h2-3,8,13,15,19H,4-7,9-10,18H2,1H3. The van der Waals surface area contributed by atoms with Gasteiger partial charge in [-0.15, -0.1) is 0 Å². The Morgan fingerprint density at radius 2 is 2.29 bits per heavy atom. The summed E-state index contributed by atoms with van der Waals surface area (Å²) in [4.78, 5) is 0. The fraction of sp³-hybridized carbons (Fsp3) is 0.625. The van der Waals surface area contributed by atoms with E-state index < -0.39 is 0 Å². The van der Waals surface area contributed by atoms with Crippen molar-refractivity contribution in [3.63, 3.8) is 0 Å². The van der Waals surface area contributed by atoms with Crippen LogP contribution in [0.15, 0.2) is 18.2 Å². The molecule has 0 aromatic heterocycles. The van der Waals surface area contributed by atoms with Gasteiger partial charge in [0.1, 0.15) is 5.82 Å². The Morgan fingerprint density at radius 3 is 2.95 bits per heavy atom. The zero-order valence-electron chi connectivity index (χ0n) is 12.4. The van der Waals surface area contributed by atoms with Gasteiger partial charge in [0, 0.05) is 25.7 Å². The van der Waals surface area contributed by atoms with Crippen LogP contribution in [0.1, 0.15) is 36.4 Å². The molecule has 3 atom stereocenters. The van der Waals surface area contributed by atoms with Crippen LogP contribution in [-0.2, 0) is 9.47 Å². The zero-order valence-corrected chi connectivity index (χ0v) is 12.4. The largest absolute Gasteiger partial charge is 0.378 e. The van der Waals surface area contributed by atoms with Crippen molar-refractivity contribution in [3.8, 4) is 0 Å². The molecule has 0 bridgehead atoms. The first-order chi connectivity index (χ1) is 10.1. The normalized spacial score (nSPS) is 30.7. The molecule has 2 heterocycles. The van der Waals surface area contributed by atoms with E-state index in [9.17, 15) is 4.39 Å². The van der Waals surface area contributed by atoms with E-state index in [2.05, 4.69) is 5.43 Å². The van der Waals surface area contributed by atoms with E-state index in [0.29, 0.717) is 24.7 Å². The summed E-state index contributed by atoms with van der Waals surface area (Å²) in [5, 5.41) is 0. The maximum Gasteiger partial charge on any atom is 0.126 e. The molecule has 4 nitrogen and oxygen atoms in total. The summed E-state index contributed by atoms with van der Waals surface area (Å²) in [6, 6.07) is 5.30. The number of benzene rings is 1. The smallest absolute Gasteiger partial charge is 0.126 e. The Kier molecular flexibility index (Phi) is 4.26. The summed E-state index contributed by atoms with van der Waals surface area (Å²) in [6.07, 6.45) is 2.76. The molecule has 1 aromatic rings. The lowest BCUT2D eigenvalue weighted by Gasteiger charge is -2.40. The molecule has 0 aliphatic carbocycles. The van der Waals surface area contributed by atoms with E-state index in [4.69, 9.17) is 15.3 Å². The number of hydrogen-bond acceptors (Lipinski definition) is 4. The van der Waals surface area contributed by atoms with Crippen LogP contribution in [0.4, 0.5) is 4.39 Å². The summed E-state index contributed by atoms with van der Waals surface area (Å²) in [5.41, 5.74) is 4.27. The monoisotopic (exact) mass is 294 g/mol. The maximum absolute atomic E-state index is 13.8. The molecule has 1 spiro atoms. The highest BCUT2D eigenvalue weighted by atomic mass is 19.1. The maximum atomic E-state index is 13.8. The van der Waals surface area contributed by atoms with E-state index >= 15 is 0 Å². The molecule has 1 aromatic carbocycles. The van der Waals surface area contributed by atoms with Crippen LogP contribution >= 0.6 is 0 Å². The second-order valence-electron chi connectivity index (χ2n) is 6.24. The van der Waals surface area contributed by atoms with Crippen LogP contribution in [0, 0.1) is 18.7 Å². The lowest BCUT2D eigenvalue weighted by molar-refractivity contribution is -0.103. The van der Waals surface area contributed by atoms with Gasteiger partial charge in [0.2, 0.25) is 0 Å². The van der Waals surface area contributed by atoms with Gasteiger partial charge in [0.05, 0.1) is 12.2 Å². The number of hydrogen-bond donors (Lipinski definition) is 2. The summed E-state index contributed by atoms with van der Waals surface area (Å²) < 4.78 is 25.3. The minimum Gasteiger partial charge on any atom is -0.378 e. The molecule has 2 fully saturated rings. The predicted molar refractivity (Wildman–Crippen MR) is 78.0 cm³/mol. The molecule has 2 saturated heterocycles. The van der Waals surface area contributed by atoms with Crippen molar-refractivity contribution in [2.75, 3.05) is 19.8 Å². The molecule has 0 amide bonds. The summed E-state index contributed by atoms with van der Waals surface area (Å²) in [6.45, 7) is 3.89. The quantitative estimate of drug-likeness (QED) is 0.663. The van der Waals surface area contributed by atoms with Gasteiger partial charge in [-0.2, -0.15) is 0 Å². The van der Waals surface area contributed by atoms with Gasteiger partial charge >= 0.3 is 0 Å². The Labute approximate surface area is 124 Å². The van der Waals surface area contributed by atoms with E-state index in [-0.39, 0.29) is 17.5 Å². The van der Waals surface area contributed by atoms with E-state index in [1.54, 1.807) is 13.0 Å². The molecule has 3 rings (SSSR count). The van der Waals surface area contributed by atoms with Crippen molar-refractivity contribution in [3.05, 3.63) is 35.1 Å². The first kappa shape index (κ1) is 14.9.